The number of pyridine rings is 1. The van der Waals surface area contributed by atoms with Crippen LogP contribution >= 0.6 is 0 Å². The maximum Gasteiger partial charge on any atom is 0.135 e. The molecule has 0 fully saturated rings. The summed E-state index contributed by atoms with van der Waals surface area (Å²) in [5.74, 6) is -0.0523. The Morgan fingerprint density at radius 1 is 1.25 bits per heavy atom. The van der Waals surface area contributed by atoms with Gasteiger partial charge in [0.25, 0.3) is 0 Å². The molecule has 0 radical (unpaired) electrons. The highest BCUT2D eigenvalue weighted by molar-refractivity contribution is 5.91. The molecule has 0 unspecified atom stereocenters. The molecule has 2 nitrogen and oxygen atoms in total. The fourth-order valence-corrected chi connectivity index (χ4v) is 1.73. The molecule has 0 saturated heterocycles. The summed E-state index contributed by atoms with van der Waals surface area (Å²) in [6, 6.07) is 5.29. The molecule has 0 atom stereocenters. The minimum absolute atomic E-state index is 0.0763. The molecule has 0 saturated carbocycles. The third-order valence-corrected chi connectivity index (χ3v) is 2.71. The lowest BCUT2D eigenvalue weighted by Gasteiger charge is -2.20. The first-order chi connectivity index (χ1) is 7.39. The monoisotopic (exact) mass is 218 g/mol. The van der Waals surface area contributed by atoms with Gasteiger partial charge in [-0.05, 0) is 28.5 Å². The number of anilines is 1. The Balaban J connectivity index is 2.79. The number of nitrogens with two attached hydrogens (primary N) is 1. The van der Waals surface area contributed by atoms with Crippen LogP contribution in [0.4, 0.5) is 10.2 Å². The van der Waals surface area contributed by atoms with Crippen molar-refractivity contribution >= 4 is 16.6 Å². The molecule has 2 aromatic rings. The second-order valence-electron chi connectivity index (χ2n) is 5.00. The molecule has 0 aliphatic rings. The molecule has 0 aliphatic heterocycles. The van der Waals surface area contributed by atoms with Crippen LogP contribution in [-0.4, -0.2) is 4.98 Å². The smallest absolute Gasteiger partial charge is 0.135 e. The lowest BCUT2D eigenvalue weighted by Crippen LogP contribution is -2.11. The quantitative estimate of drug-likeness (QED) is 0.737. The van der Waals surface area contributed by atoms with Crippen molar-refractivity contribution in [1.82, 2.24) is 4.98 Å². The highest BCUT2D eigenvalue weighted by atomic mass is 19.1. The first-order valence-electron chi connectivity index (χ1n) is 5.24. The van der Waals surface area contributed by atoms with E-state index < -0.39 is 0 Å². The molecule has 1 aromatic carbocycles. The minimum Gasteiger partial charge on any atom is -0.383 e. The number of hydrogen-bond donors (Lipinski definition) is 1. The molecule has 0 bridgehead atoms. The SMILES string of the molecule is CC(C)(C)c1cc(F)c2c(N)nccc2c1. The molecular weight excluding hydrogens is 203 g/mol. The Hall–Kier alpha value is -1.64. The molecule has 0 spiro atoms. The number of aromatic nitrogens is 1. The van der Waals surface area contributed by atoms with Crippen molar-refractivity contribution in [1.29, 1.82) is 0 Å². The number of rotatable bonds is 0. The van der Waals surface area contributed by atoms with E-state index in [9.17, 15) is 4.39 Å². The van der Waals surface area contributed by atoms with Crippen molar-refractivity contribution in [3.8, 4) is 0 Å². The third-order valence-electron chi connectivity index (χ3n) is 2.71. The normalized spacial score (nSPS) is 12.0. The fourth-order valence-electron chi connectivity index (χ4n) is 1.73. The zero-order valence-electron chi connectivity index (χ0n) is 9.71. The molecule has 0 amide bonds. The van der Waals surface area contributed by atoms with Crippen LogP contribution in [0.3, 0.4) is 0 Å². The van der Waals surface area contributed by atoms with Crippen LogP contribution in [0, 0.1) is 5.82 Å². The van der Waals surface area contributed by atoms with E-state index in [0.29, 0.717) is 5.39 Å². The number of hydrogen-bond acceptors (Lipinski definition) is 2. The zero-order chi connectivity index (χ0) is 11.9. The van der Waals surface area contributed by atoms with Gasteiger partial charge in [0, 0.05) is 6.20 Å². The van der Waals surface area contributed by atoms with Crippen LogP contribution in [-0.2, 0) is 5.41 Å². The Bertz CT molecular complexity index is 541. The van der Waals surface area contributed by atoms with E-state index in [1.54, 1.807) is 18.3 Å². The maximum atomic E-state index is 13.9. The van der Waals surface area contributed by atoms with Crippen LogP contribution in [0.25, 0.3) is 10.8 Å². The predicted octanol–water partition coefficient (Wildman–Crippen LogP) is 3.25. The molecule has 84 valence electrons. The summed E-state index contributed by atoms with van der Waals surface area (Å²) < 4.78 is 13.9. The zero-order valence-corrected chi connectivity index (χ0v) is 9.71. The van der Waals surface area contributed by atoms with Crippen molar-refractivity contribution in [2.24, 2.45) is 0 Å². The summed E-state index contributed by atoms with van der Waals surface area (Å²) in [4.78, 5) is 3.90. The van der Waals surface area contributed by atoms with Crippen molar-refractivity contribution in [2.75, 3.05) is 5.73 Å². The summed E-state index contributed by atoms with van der Waals surface area (Å²) in [6.07, 6.45) is 1.60. The van der Waals surface area contributed by atoms with Crippen LogP contribution in [0.1, 0.15) is 26.3 Å². The number of benzene rings is 1. The van der Waals surface area contributed by atoms with Crippen molar-refractivity contribution < 1.29 is 4.39 Å². The summed E-state index contributed by atoms with van der Waals surface area (Å²) >= 11 is 0. The predicted molar refractivity (Wildman–Crippen MR) is 64.8 cm³/mol. The topological polar surface area (TPSA) is 38.9 Å². The average Bonchev–Trinajstić information content (AvgIpc) is 2.15. The first-order valence-corrected chi connectivity index (χ1v) is 5.24. The van der Waals surface area contributed by atoms with Crippen LogP contribution in [0.15, 0.2) is 24.4 Å². The highest BCUT2D eigenvalue weighted by Crippen LogP contribution is 2.29. The van der Waals surface area contributed by atoms with Gasteiger partial charge in [-0.1, -0.05) is 26.8 Å². The van der Waals surface area contributed by atoms with E-state index in [1.165, 1.54) is 0 Å². The van der Waals surface area contributed by atoms with Gasteiger partial charge in [0.2, 0.25) is 0 Å². The van der Waals surface area contributed by atoms with Gasteiger partial charge in [0.05, 0.1) is 5.39 Å². The second-order valence-corrected chi connectivity index (χ2v) is 5.00. The molecule has 3 heteroatoms. The maximum absolute atomic E-state index is 13.9. The Kier molecular flexibility index (Phi) is 2.34. The fraction of sp³-hybridized carbons (Fsp3) is 0.308. The van der Waals surface area contributed by atoms with E-state index in [-0.39, 0.29) is 17.1 Å². The van der Waals surface area contributed by atoms with Gasteiger partial charge in [-0.25, -0.2) is 9.37 Å². The van der Waals surface area contributed by atoms with Gasteiger partial charge in [-0.15, -0.1) is 0 Å². The van der Waals surface area contributed by atoms with Crippen molar-refractivity contribution in [3.63, 3.8) is 0 Å². The molecule has 2 rings (SSSR count). The standard InChI is InChI=1S/C13H15FN2/c1-13(2,3)9-6-8-4-5-16-12(15)11(8)10(14)7-9/h4-7H,1-3H3,(H2,15,16). The Morgan fingerprint density at radius 2 is 1.94 bits per heavy atom. The van der Waals surface area contributed by atoms with Gasteiger partial charge in [0.1, 0.15) is 11.6 Å². The molecular formula is C13H15FN2. The van der Waals surface area contributed by atoms with E-state index in [2.05, 4.69) is 25.8 Å². The average molecular weight is 218 g/mol. The molecule has 0 aliphatic carbocycles. The van der Waals surface area contributed by atoms with E-state index in [1.807, 2.05) is 6.07 Å². The van der Waals surface area contributed by atoms with E-state index in [0.717, 1.165) is 10.9 Å². The van der Waals surface area contributed by atoms with Gasteiger partial charge < -0.3 is 5.73 Å². The molecule has 1 aromatic heterocycles. The largest absolute Gasteiger partial charge is 0.383 e. The van der Waals surface area contributed by atoms with Gasteiger partial charge in [0.15, 0.2) is 0 Å². The van der Waals surface area contributed by atoms with Gasteiger partial charge in [-0.3, -0.25) is 0 Å². The number of nitrogen functional groups attached to an aromatic ring is 1. The summed E-state index contributed by atoms with van der Waals surface area (Å²) in [5, 5.41) is 1.22. The minimum atomic E-state index is -0.298. The summed E-state index contributed by atoms with van der Waals surface area (Å²) in [6.45, 7) is 6.16. The molecule has 2 N–H and O–H groups in total. The van der Waals surface area contributed by atoms with Gasteiger partial charge in [-0.2, -0.15) is 0 Å². The third kappa shape index (κ3) is 1.73. The Labute approximate surface area is 94.3 Å². The van der Waals surface area contributed by atoms with Crippen molar-refractivity contribution in [3.05, 3.63) is 35.8 Å². The number of fused-ring (bicyclic) bond motifs is 1. The van der Waals surface area contributed by atoms with E-state index in [4.69, 9.17) is 5.73 Å². The van der Waals surface area contributed by atoms with Crippen LogP contribution in [0.5, 0.6) is 0 Å². The summed E-state index contributed by atoms with van der Waals surface area (Å²) in [7, 11) is 0. The highest BCUT2D eigenvalue weighted by Gasteiger charge is 2.17. The lowest BCUT2D eigenvalue weighted by atomic mass is 9.86. The van der Waals surface area contributed by atoms with Crippen LogP contribution < -0.4 is 5.73 Å². The van der Waals surface area contributed by atoms with Crippen molar-refractivity contribution in [2.45, 2.75) is 26.2 Å². The lowest BCUT2D eigenvalue weighted by molar-refractivity contribution is 0.577. The first kappa shape index (κ1) is 10.9. The number of halogens is 1. The number of nitrogens with zero attached hydrogens (tertiary/aromatic N) is 1. The summed E-state index contributed by atoms with van der Waals surface area (Å²) in [5.41, 5.74) is 6.55. The molecule has 16 heavy (non-hydrogen) atoms. The van der Waals surface area contributed by atoms with Crippen LogP contribution in [0.2, 0.25) is 0 Å². The van der Waals surface area contributed by atoms with E-state index >= 15 is 0 Å². The molecule has 1 heterocycles. The van der Waals surface area contributed by atoms with Gasteiger partial charge >= 0.3 is 0 Å². The second kappa shape index (κ2) is 3.44. The Morgan fingerprint density at radius 3 is 2.56 bits per heavy atom.